The summed E-state index contributed by atoms with van der Waals surface area (Å²) >= 11 is 6.10. The Kier molecular flexibility index (Phi) is 3.70. The summed E-state index contributed by atoms with van der Waals surface area (Å²) in [5, 5.41) is 6.97. The Bertz CT molecular complexity index is 712. The molecule has 0 aromatic heterocycles. The molecule has 0 saturated carbocycles. The van der Waals surface area contributed by atoms with Crippen LogP contribution in [0.3, 0.4) is 0 Å². The van der Waals surface area contributed by atoms with E-state index in [0.29, 0.717) is 6.42 Å². The average molecular weight is 301 g/mol. The molecule has 0 aliphatic carbocycles. The van der Waals surface area contributed by atoms with Crippen molar-refractivity contribution in [2.45, 2.75) is 19.4 Å². The summed E-state index contributed by atoms with van der Waals surface area (Å²) in [6.07, 6.45) is 0.458. The van der Waals surface area contributed by atoms with E-state index in [1.54, 1.807) is 0 Å². The molecule has 4 heteroatoms. The number of carbonyl (C=O) groups is 1. The number of aryl methyl sites for hydroxylation is 1. The molecule has 3 nitrogen and oxygen atoms in total. The summed E-state index contributed by atoms with van der Waals surface area (Å²) in [6.45, 7) is 2.00. The predicted octanol–water partition coefficient (Wildman–Crippen LogP) is 3.45. The van der Waals surface area contributed by atoms with Gasteiger partial charge in [-0.25, -0.2) is 0 Å². The molecule has 21 heavy (non-hydrogen) atoms. The zero-order valence-corrected chi connectivity index (χ0v) is 12.8. The molecular formula is C17H17ClN2O. The highest BCUT2D eigenvalue weighted by Gasteiger charge is 2.20. The molecule has 2 aromatic rings. The molecule has 1 aliphatic heterocycles. The maximum atomic E-state index is 11.5. The van der Waals surface area contributed by atoms with E-state index in [9.17, 15) is 4.79 Å². The van der Waals surface area contributed by atoms with Crippen molar-refractivity contribution >= 4 is 23.2 Å². The molecule has 1 amide bonds. The zero-order valence-electron chi connectivity index (χ0n) is 12.0. The predicted molar refractivity (Wildman–Crippen MR) is 85.9 cm³/mol. The van der Waals surface area contributed by atoms with Gasteiger partial charge in [-0.2, -0.15) is 0 Å². The van der Waals surface area contributed by atoms with Crippen LogP contribution in [0.4, 0.5) is 5.69 Å². The highest BCUT2D eigenvalue weighted by Crippen LogP contribution is 2.30. The smallest absolute Gasteiger partial charge is 0.228 e. The third kappa shape index (κ3) is 2.67. The van der Waals surface area contributed by atoms with E-state index in [-0.39, 0.29) is 11.9 Å². The van der Waals surface area contributed by atoms with Crippen molar-refractivity contribution < 1.29 is 4.79 Å². The van der Waals surface area contributed by atoms with Crippen molar-refractivity contribution in [2.24, 2.45) is 0 Å². The summed E-state index contributed by atoms with van der Waals surface area (Å²) < 4.78 is 0. The second kappa shape index (κ2) is 5.51. The van der Waals surface area contributed by atoms with Crippen LogP contribution in [0.25, 0.3) is 0 Å². The lowest BCUT2D eigenvalue weighted by Crippen LogP contribution is -2.17. The van der Waals surface area contributed by atoms with Crippen LogP contribution in [0.15, 0.2) is 36.4 Å². The van der Waals surface area contributed by atoms with Gasteiger partial charge in [0.15, 0.2) is 0 Å². The van der Waals surface area contributed by atoms with E-state index in [4.69, 9.17) is 11.6 Å². The number of halogens is 1. The number of benzene rings is 2. The zero-order chi connectivity index (χ0) is 15.0. The molecule has 108 valence electrons. The Morgan fingerprint density at radius 2 is 1.90 bits per heavy atom. The Balaban J connectivity index is 1.98. The molecule has 3 rings (SSSR count). The van der Waals surface area contributed by atoms with Gasteiger partial charge in [-0.15, -0.1) is 0 Å². The Morgan fingerprint density at radius 1 is 1.19 bits per heavy atom. The molecule has 2 aromatic carbocycles. The van der Waals surface area contributed by atoms with Gasteiger partial charge in [-0.1, -0.05) is 35.9 Å². The number of rotatable bonds is 3. The first kappa shape index (κ1) is 14.1. The maximum Gasteiger partial charge on any atom is 0.228 e. The number of hydrogen-bond acceptors (Lipinski definition) is 2. The summed E-state index contributed by atoms with van der Waals surface area (Å²) in [6, 6.07) is 12.3. The Hall–Kier alpha value is -1.84. The second-order valence-electron chi connectivity index (χ2n) is 5.37. The van der Waals surface area contributed by atoms with Crippen LogP contribution in [0.2, 0.25) is 5.02 Å². The van der Waals surface area contributed by atoms with Gasteiger partial charge in [0, 0.05) is 10.7 Å². The summed E-state index contributed by atoms with van der Waals surface area (Å²) in [5.74, 6) is 0.0606. The number of anilines is 1. The molecule has 1 unspecified atom stereocenters. The topological polar surface area (TPSA) is 41.1 Å². The fourth-order valence-corrected chi connectivity index (χ4v) is 2.92. The molecule has 1 atom stereocenters. The van der Waals surface area contributed by atoms with Gasteiger partial charge in [0.25, 0.3) is 0 Å². The van der Waals surface area contributed by atoms with Crippen molar-refractivity contribution in [3.63, 3.8) is 0 Å². The summed E-state index contributed by atoms with van der Waals surface area (Å²) in [5.41, 5.74) is 5.35. The lowest BCUT2D eigenvalue weighted by Gasteiger charge is -2.19. The van der Waals surface area contributed by atoms with Gasteiger partial charge in [0.05, 0.1) is 12.5 Å². The van der Waals surface area contributed by atoms with Gasteiger partial charge in [0.2, 0.25) is 5.91 Å². The van der Waals surface area contributed by atoms with E-state index >= 15 is 0 Å². The highest BCUT2D eigenvalue weighted by molar-refractivity contribution is 6.31. The van der Waals surface area contributed by atoms with Gasteiger partial charge in [0.1, 0.15) is 0 Å². The minimum Gasteiger partial charge on any atom is -0.326 e. The van der Waals surface area contributed by atoms with Crippen molar-refractivity contribution in [1.82, 2.24) is 5.32 Å². The molecule has 0 radical (unpaired) electrons. The van der Waals surface area contributed by atoms with Crippen molar-refractivity contribution in [1.29, 1.82) is 0 Å². The first-order chi connectivity index (χ1) is 10.1. The van der Waals surface area contributed by atoms with E-state index in [1.807, 2.05) is 32.2 Å². The number of nitrogens with one attached hydrogen (secondary N) is 2. The fraction of sp³-hybridized carbons (Fsp3) is 0.235. The second-order valence-corrected chi connectivity index (χ2v) is 5.78. The largest absolute Gasteiger partial charge is 0.326 e. The lowest BCUT2D eigenvalue weighted by molar-refractivity contribution is -0.115. The van der Waals surface area contributed by atoms with Crippen LogP contribution in [-0.2, 0) is 11.2 Å². The van der Waals surface area contributed by atoms with Gasteiger partial charge >= 0.3 is 0 Å². The number of fused-ring (bicyclic) bond motifs is 1. The Labute approximate surface area is 129 Å². The maximum absolute atomic E-state index is 11.5. The Morgan fingerprint density at radius 3 is 2.62 bits per heavy atom. The quantitative estimate of drug-likeness (QED) is 0.911. The molecule has 0 spiro atoms. The minimum absolute atomic E-state index is 0.0606. The standard InChI is InChI=1S/C17H17ClN2O/c1-10-7-11(3-5-14(10)18)17(19-2)12-4-6-15-13(8-12)9-16(21)20-15/h3-8,17,19H,9H2,1-2H3,(H,20,21). The van der Waals surface area contributed by atoms with Gasteiger partial charge in [-0.05, 0) is 48.4 Å². The van der Waals surface area contributed by atoms with Crippen LogP contribution >= 0.6 is 11.6 Å². The fourth-order valence-electron chi connectivity index (χ4n) is 2.80. The third-order valence-corrected chi connectivity index (χ3v) is 4.32. The monoisotopic (exact) mass is 300 g/mol. The van der Waals surface area contributed by atoms with Gasteiger partial charge in [-0.3, -0.25) is 4.79 Å². The van der Waals surface area contributed by atoms with Crippen LogP contribution in [0.1, 0.15) is 28.3 Å². The minimum atomic E-state index is 0.0606. The highest BCUT2D eigenvalue weighted by atomic mass is 35.5. The van der Waals surface area contributed by atoms with Crippen LogP contribution in [0.5, 0.6) is 0 Å². The van der Waals surface area contributed by atoms with Gasteiger partial charge < -0.3 is 10.6 Å². The van der Waals surface area contributed by atoms with E-state index in [0.717, 1.165) is 33.0 Å². The molecular weight excluding hydrogens is 284 g/mol. The summed E-state index contributed by atoms with van der Waals surface area (Å²) in [7, 11) is 1.94. The van der Waals surface area contributed by atoms with E-state index < -0.39 is 0 Å². The van der Waals surface area contributed by atoms with Crippen LogP contribution < -0.4 is 10.6 Å². The number of carbonyl (C=O) groups excluding carboxylic acids is 1. The first-order valence-corrected chi connectivity index (χ1v) is 7.32. The normalized spacial score (nSPS) is 14.7. The molecule has 0 fully saturated rings. The molecule has 2 N–H and O–H groups in total. The molecule has 0 saturated heterocycles. The molecule has 1 heterocycles. The van der Waals surface area contributed by atoms with E-state index in [1.165, 1.54) is 0 Å². The van der Waals surface area contributed by atoms with Crippen LogP contribution in [-0.4, -0.2) is 13.0 Å². The molecule has 1 aliphatic rings. The SMILES string of the molecule is CNC(c1ccc(Cl)c(C)c1)c1ccc2c(c1)CC(=O)N2. The molecule has 0 bridgehead atoms. The van der Waals surface area contributed by atoms with Crippen molar-refractivity contribution in [2.75, 3.05) is 12.4 Å². The number of amides is 1. The van der Waals surface area contributed by atoms with E-state index in [2.05, 4.69) is 28.8 Å². The lowest BCUT2D eigenvalue weighted by atomic mass is 9.95. The van der Waals surface area contributed by atoms with Crippen molar-refractivity contribution in [3.8, 4) is 0 Å². The first-order valence-electron chi connectivity index (χ1n) is 6.94. The number of hydrogen-bond donors (Lipinski definition) is 2. The summed E-state index contributed by atoms with van der Waals surface area (Å²) in [4.78, 5) is 11.5. The average Bonchev–Trinajstić information content (AvgIpc) is 2.83. The van der Waals surface area contributed by atoms with Crippen molar-refractivity contribution in [3.05, 3.63) is 63.7 Å². The third-order valence-electron chi connectivity index (χ3n) is 3.89. The van der Waals surface area contributed by atoms with Crippen LogP contribution in [0, 0.1) is 6.92 Å².